The van der Waals surface area contributed by atoms with Crippen LogP contribution in [0.3, 0.4) is 0 Å². The van der Waals surface area contributed by atoms with E-state index >= 15 is 0 Å². The number of hydrogen-bond donors (Lipinski definition) is 0. The second-order valence-corrected chi connectivity index (χ2v) is 3.78. The number of benzene rings is 2. The minimum atomic E-state index is 0.633. The molecule has 0 amide bonds. The molecule has 1 nitrogen and oxygen atoms in total. The maximum Gasteiger partial charge on any atom is 0.120 e. The summed E-state index contributed by atoms with van der Waals surface area (Å²) in [5, 5.41) is 0. The Labute approximate surface area is 110 Å². The van der Waals surface area contributed by atoms with E-state index in [1.807, 2.05) is 44.2 Å². The highest BCUT2D eigenvalue weighted by atomic mass is 16.5. The van der Waals surface area contributed by atoms with Crippen molar-refractivity contribution in [2.24, 2.45) is 0 Å². The van der Waals surface area contributed by atoms with E-state index in [4.69, 9.17) is 4.74 Å². The van der Waals surface area contributed by atoms with Crippen molar-refractivity contribution < 1.29 is 4.74 Å². The number of hydrogen-bond acceptors (Lipinski definition) is 1. The van der Waals surface area contributed by atoms with E-state index in [9.17, 15) is 0 Å². The largest absolute Gasteiger partial charge is 0.489 e. The van der Waals surface area contributed by atoms with Crippen LogP contribution < -0.4 is 4.74 Å². The molecule has 0 fully saturated rings. The Bertz CT molecular complexity index is 434. The average Bonchev–Trinajstić information content (AvgIpc) is 2.48. The summed E-state index contributed by atoms with van der Waals surface area (Å²) in [6, 6.07) is 18.5. The van der Waals surface area contributed by atoms with E-state index in [-0.39, 0.29) is 0 Å². The van der Waals surface area contributed by atoms with Crippen LogP contribution in [0.1, 0.15) is 31.9 Å². The second-order valence-electron chi connectivity index (χ2n) is 3.78. The first kappa shape index (κ1) is 14.3. The van der Waals surface area contributed by atoms with E-state index in [1.165, 1.54) is 11.1 Å². The quantitative estimate of drug-likeness (QED) is 0.744. The third kappa shape index (κ3) is 4.62. The first-order chi connectivity index (χ1) is 8.88. The van der Waals surface area contributed by atoms with Gasteiger partial charge in [-0.15, -0.1) is 0 Å². The Kier molecular flexibility index (Phi) is 6.63. The molecular formula is C17H22O. The van der Waals surface area contributed by atoms with E-state index < -0.39 is 0 Å². The first-order valence-corrected chi connectivity index (χ1v) is 6.64. The monoisotopic (exact) mass is 242 g/mol. The molecule has 96 valence electrons. The number of aryl methyl sites for hydroxylation is 1. The smallest absolute Gasteiger partial charge is 0.120 e. The standard InChI is InChI=1S/C15H16O.C2H6/c1-2-13-9-6-10-15(11-13)16-12-14-7-4-3-5-8-14;1-2/h3-11H,2,12H2,1H3;1-2H3. The molecule has 0 saturated carbocycles. The van der Waals surface area contributed by atoms with Crippen molar-refractivity contribution in [3.63, 3.8) is 0 Å². The van der Waals surface area contributed by atoms with Crippen LogP contribution >= 0.6 is 0 Å². The Morgan fingerprint density at radius 3 is 2.17 bits per heavy atom. The highest BCUT2D eigenvalue weighted by Crippen LogP contribution is 2.15. The maximum absolute atomic E-state index is 5.73. The zero-order chi connectivity index (χ0) is 13.2. The molecule has 0 N–H and O–H groups in total. The lowest BCUT2D eigenvalue weighted by atomic mass is 10.2. The first-order valence-electron chi connectivity index (χ1n) is 6.64. The number of rotatable bonds is 4. The van der Waals surface area contributed by atoms with Gasteiger partial charge in [-0.3, -0.25) is 0 Å². The normalized spacial score (nSPS) is 9.28. The Morgan fingerprint density at radius 1 is 0.833 bits per heavy atom. The van der Waals surface area contributed by atoms with Crippen molar-refractivity contribution in [2.75, 3.05) is 0 Å². The van der Waals surface area contributed by atoms with Gasteiger partial charge in [0.25, 0.3) is 0 Å². The summed E-state index contributed by atoms with van der Waals surface area (Å²) >= 11 is 0. The summed E-state index contributed by atoms with van der Waals surface area (Å²) in [5.74, 6) is 0.947. The van der Waals surface area contributed by atoms with Crippen LogP contribution in [0.5, 0.6) is 5.75 Å². The molecule has 0 heterocycles. The van der Waals surface area contributed by atoms with Crippen molar-refractivity contribution in [3.05, 3.63) is 65.7 Å². The predicted octanol–water partition coefficient (Wildman–Crippen LogP) is 4.85. The minimum absolute atomic E-state index is 0.633. The van der Waals surface area contributed by atoms with Crippen molar-refractivity contribution in [2.45, 2.75) is 33.8 Å². The molecule has 2 rings (SSSR count). The molecule has 2 aromatic carbocycles. The predicted molar refractivity (Wildman–Crippen MR) is 77.9 cm³/mol. The fraction of sp³-hybridized carbons (Fsp3) is 0.294. The lowest BCUT2D eigenvalue weighted by Crippen LogP contribution is -1.95. The van der Waals surface area contributed by atoms with Gasteiger partial charge in [-0.25, -0.2) is 0 Å². The molecule has 1 heteroatoms. The molecule has 0 aromatic heterocycles. The lowest BCUT2D eigenvalue weighted by Gasteiger charge is -2.07. The molecule has 0 aliphatic rings. The maximum atomic E-state index is 5.73. The lowest BCUT2D eigenvalue weighted by molar-refractivity contribution is 0.306. The van der Waals surface area contributed by atoms with Crippen molar-refractivity contribution in [3.8, 4) is 5.75 Å². The highest BCUT2D eigenvalue weighted by Gasteiger charge is 1.96. The van der Waals surface area contributed by atoms with E-state index in [2.05, 4.69) is 31.2 Å². The van der Waals surface area contributed by atoms with Gasteiger partial charge in [-0.1, -0.05) is 63.2 Å². The van der Waals surface area contributed by atoms with Crippen LogP contribution in [0.25, 0.3) is 0 Å². The van der Waals surface area contributed by atoms with Gasteiger partial charge in [0, 0.05) is 0 Å². The van der Waals surface area contributed by atoms with Gasteiger partial charge in [0.1, 0.15) is 12.4 Å². The Hall–Kier alpha value is -1.76. The van der Waals surface area contributed by atoms with Gasteiger partial charge in [0.2, 0.25) is 0 Å². The van der Waals surface area contributed by atoms with Gasteiger partial charge >= 0.3 is 0 Å². The SMILES string of the molecule is CC.CCc1cccc(OCc2ccccc2)c1. The van der Waals surface area contributed by atoms with Crippen LogP contribution in [0.4, 0.5) is 0 Å². The fourth-order valence-electron chi connectivity index (χ4n) is 1.60. The topological polar surface area (TPSA) is 9.23 Å². The molecule has 0 aliphatic heterocycles. The van der Waals surface area contributed by atoms with Crippen LogP contribution in [-0.4, -0.2) is 0 Å². The van der Waals surface area contributed by atoms with Crippen LogP contribution in [-0.2, 0) is 13.0 Å². The van der Waals surface area contributed by atoms with Gasteiger partial charge in [-0.05, 0) is 29.7 Å². The molecule has 0 unspecified atom stereocenters. The zero-order valence-corrected chi connectivity index (χ0v) is 11.5. The Morgan fingerprint density at radius 2 is 1.50 bits per heavy atom. The molecule has 2 aromatic rings. The average molecular weight is 242 g/mol. The molecule has 0 atom stereocenters. The van der Waals surface area contributed by atoms with Crippen LogP contribution in [0.15, 0.2) is 54.6 Å². The summed E-state index contributed by atoms with van der Waals surface area (Å²) in [7, 11) is 0. The fourth-order valence-corrected chi connectivity index (χ4v) is 1.60. The minimum Gasteiger partial charge on any atom is -0.489 e. The highest BCUT2D eigenvalue weighted by molar-refractivity contribution is 5.28. The van der Waals surface area contributed by atoms with E-state index in [0.29, 0.717) is 6.61 Å². The molecular weight excluding hydrogens is 220 g/mol. The number of ether oxygens (including phenoxy) is 1. The third-order valence-corrected chi connectivity index (χ3v) is 2.56. The summed E-state index contributed by atoms with van der Waals surface area (Å²) in [4.78, 5) is 0. The molecule has 0 saturated heterocycles. The molecule has 0 bridgehead atoms. The molecule has 0 aliphatic carbocycles. The second kappa shape index (κ2) is 8.35. The third-order valence-electron chi connectivity index (χ3n) is 2.56. The van der Waals surface area contributed by atoms with Crippen molar-refractivity contribution >= 4 is 0 Å². The van der Waals surface area contributed by atoms with Gasteiger partial charge in [0.15, 0.2) is 0 Å². The van der Waals surface area contributed by atoms with Crippen molar-refractivity contribution in [1.29, 1.82) is 0 Å². The molecule has 0 spiro atoms. The van der Waals surface area contributed by atoms with Gasteiger partial charge < -0.3 is 4.74 Å². The summed E-state index contributed by atoms with van der Waals surface area (Å²) in [6.45, 7) is 6.78. The van der Waals surface area contributed by atoms with Gasteiger partial charge in [0.05, 0.1) is 0 Å². The zero-order valence-electron chi connectivity index (χ0n) is 11.5. The summed E-state index contributed by atoms with van der Waals surface area (Å²) < 4.78 is 5.73. The van der Waals surface area contributed by atoms with Crippen LogP contribution in [0, 0.1) is 0 Å². The summed E-state index contributed by atoms with van der Waals surface area (Å²) in [5.41, 5.74) is 2.51. The van der Waals surface area contributed by atoms with Crippen molar-refractivity contribution in [1.82, 2.24) is 0 Å². The van der Waals surface area contributed by atoms with Gasteiger partial charge in [-0.2, -0.15) is 0 Å². The molecule has 18 heavy (non-hydrogen) atoms. The molecule has 0 radical (unpaired) electrons. The van der Waals surface area contributed by atoms with E-state index in [1.54, 1.807) is 0 Å². The summed E-state index contributed by atoms with van der Waals surface area (Å²) in [6.07, 6.45) is 1.04. The van der Waals surface area contributed by atoms with E-state index in [0.717, 1.165) is 12.2 Å². The van der Waals surface area contributed by atoms with Crippen LogP contribution in [0.2, 0.25) is 0 Å². The Balaban J connectivity index is 0.000000771.